The van der Waals surface area contributed by atoms with Crippen LogP contribution in [0.3, 0.4) is 0 Å². The van der Waals surface area contributed by atoms with E-state index in [2.05, 4.69) is 93.4 Å². The highest BCUT2D eigenvalue weighted by molar-refractivity contribution is 6.24. The van der Waals surface area contributed by atoms with E-state index in [1.165, 1.54) is 10.8 Å². The molecule has 0 aliphatic heterocycles. The van der Waals surface area contributed by atoms with Gasteiger partial charge >= 0.3 is 0 Å². The number of hydrogen-bond donors (Lipinski definition) is 2. The van der Waals surface area contributed by atoms with E-state index >= 15 is 0 Å². The Morgan fingerprint density at radius 1 is 0.765 bits per heavy atom. The fourth-order valence-corrected chi connectivity index (χ4v) is 4.68. The van der Waals surface area contributed by atoms with Crippen LogP contribution in [0.1, 0.15) is 44.8 Å². The molecule has 168 valence electrons. The van der Waals surface area contributed by atoms with Gasteiger partial charge in [0.15, 0.2) is 0 Å². The molecule has 0 radical (unpaired) electrons. The number of fused-ring (bicyclic) bond motifs is 6. The monoisotopic (exact) mass is 446 g/mol. The summed E-state index contributed by atoms with van der Waals surface area (Å²) in [5.74, 6) is 2.42. The molecule has 3 aromatic carbocycles. The summed E-state index contributed by atoms with van der Waals surface area (Å²) < 4.78 is 0. The van der Waals surface area contributed by atoms with Gasteiger partial charge in [0.1, 0.15) is 17.2 Å². The Morgan fingerprint density at radius 2 is 1.47 bits per heavy atom. The second-order valence-corrected chi connectivity index (χ2v) is 8.90. The van der Waals surface area contributed by atoms with Gasteiger partial charge in [-0.15, -0.1) is 5.10 Å². The smallest absolute Gasteiger partial charge is 0.109 e. The molecule has 6 aromatic rings. The van der Waals surface area contributed by atoms with Crippen molar-refractivity contribution in [1.82, 2.24) is 30.1 Å². The lowest BCUT2D eigenvalue weighted by molar-refractivity contribution is 0.689. The van der Waals surface area contributed by atoms with Crippen molar-refractivity contribution in [2.45, 2.75) is 39.5 Å². The van der Waals surface area contributed by atoms with Crippen LogP contribution in [-0.4, -0.2) is 30.1 Å². The second kappa shape index (κ2) is 8.06. The quantitative estimate of drug-likeness (QED) is 0.286. The number of nitrogens with zero attached hydrogens (tertiary/aromatic N) is 4. The second-order valence-electron chi connectivity index (χ2n) is 8.90. The van der Waals surface area contributed by atoms with Gasteiger partial charge in [-0.2, -0.15) is 5.10 Å². The van der Waals surface area contributed by atoms with Crippen molar-refractivity contribution in [1.29, 1.82) is 0 Å². The van der Waals surface area contributed by atoms with Crippen LogP contribution in [-0.2, 0) is 6.42 Å². The van der Waals surface area contributed by atoms with Crippen molar-refractivity contribution in [2.75, 3.05) is 0 Å². The topological polar surface area (TPSA) is 83.1 Å². The van der Waals surface area contributed by atoms with Gasteiger partial charge in [-0.25, -0.2) is 9.97 Å². The van der Waals surface area contributed by atoms with Crippen molar-refractivity contribution in [3.63, 3.8) is 0 Å². The van der Waals surface area contributed by atoms with E-state index in [1.54, 1.807) is 6.20 Å². The maximum atomic E-state index is 4.61. The Morgan fingerprint density at radius 3 is 2.21 bits per heavy atom. The summed E-state index contributed by atoms with van der Waals surface area (Å²) in [6, 6.07) is 15.2. The van der Waals surface area contributed by atoms with Gasteiger partial charge in [0.25, 0.3) is 0 Å². The summed E-state index contributed by atoms with van der Waals surface area (Å²) in [5, 5.41) is 14.5. The molecule has 0 aliphatic carbocycles. The SMILES string of the molecule is CCc1ncc(-c2ccc3c(c2)c2ccnnc2c2cc(-c4cnc(C(C)CC)[nH]4)ccc32)[nH]1. The van der Waals surface area contributed by atoms with Gasteiger partial charge in [-0.05, 0) is 40.8 Å². The molecular formula is C28H26N6. The zero-order valence-corrected chi connectivity index (χ0v) is 19.6. The Kier molecular flexibility index (Phi) is 4.87. The standard InChI is InChI=1S/C28H26N6/c1-4-16(3)28-30-15-25(33-28)18-7-9-20-19-8-6-17(24-14-29-26(5-2)32-24)12-22(19)21-10-11-31-34-27(21)23(20)13-18/h6-16H,4-5H2,1-3H3,(H,29,32)(H,30,33). The number of nitrogens with one attached hydrogen (secondary N) is 2. The fourth-order valence-electron chi connectivity index (χ4n) is 4.68. The number of aromatic amines is 2. The first kappa shape index (κ1) is 20.5. The first-order chi connectivity index (χ1) is 16.7. The fraction of sp³-hybridized carbons (Fsp3) is 0.214. The summed E-state index contributed by atoms with van der Waals surface area (Å²) >= 11 is 0. The van der Waals surface area contributed by atoms with E-state index in [-0.39, 0.29) is 0 Å². The number of benzene rings is 3. The lowest BCUT2D eigenvalue weighted by atomic mass is 9.94. The molecular weight excluding hydrogens is 420 g/mol. The van der Waals surface area contributed by atoms with Crippen LogP contribution in [0.25, 0.3) is 55.0 Å². The lowest BCUT2D eigenvalue weighted by Gasteiger charge is -2.11. The summed E-state index contributed by atoms with van der Waals surface area (Å²) in [5.41, 5.74) is 5.17. The molecule has 3 heterocycles. The van der Waals surface area contributed by atoms with Crippen molar-refractivity contribution in [3.05, 3.63) is 72.7 Å². The van der Waals surface area contributed by atoms with Crippen molar-refractivity contribution in [3.8, 4) is 22.5 Å². The number of aromatic nitrogens is 6. The van der Waals surface area contributed by atoms with Crippen LogP contribution in [0.15, 0.2) is 61.1 Å². The minimum atomic E-state index is 0.405. The first-order valence-electron chi connectivity index (χ1n) is 11.9. The zero-order valence-electron chi connectivity index (χ0n) is 19.6. The van der Waals surface area contributed by atoms with Crippen LogP contribution >= 0.6 is 0 Å². The van der Waals surface area contributed by atoms with Crippen molar-refractivity contribution >= 4 is 32.4 Å². The Hall–Kier alpha value is -4.06. The van der Waals surface area contributed by atoms with Crippen LogP contribution in [0, 0.1) is 0 Å². The molecule has 34 heavy (non-hydrogen) atoms. The normalized spacial score (nSPS) is 12.7. The van der Waals surface area contributed by atoms with Gasteiger partial charge in [-0.3, -0.25) is 0 Å². The molecule has 6 heteroatoms. The number of aryl methyl sites for hydroxylation is 1. The third-order valence-electron chi connectivity index (χ3n) is 6.86. The summed E-state index contributed by atoms with van der Waals surface area (Å²) in [4.78, 5) is 16.0. The van der Waals surface area contributed by atoms with E-state index in [0.29, 0.717) is 5.92 Å². The third-order valence-corrected chi connectivity index (χ3v) is 6.86. The van der Waals surface area contributed by atoms with Crippen LogP contribution in [0.4, 0.5) is 0 Å². The first-order valence-corrected chi connectivity index (χ1v) is 11.9. The zero-order chi connectivity index (χ0) is 23.2. The molecule has 2 N–H and O–H groups in total. The van der Waals surface area contributed by atoms with Crippen LogP contribution < -0.4 is 0 Å². The van der Waals surface area contributed by atoms with E-state index < -0.39 is 0 Å². The van der Waals surface area contributed by atoms with Gasteiger partial charge < -0.3 is 9.97 Å². The van der Waals surface area contributed by atoms with Gasteiger partial charge in [0, 0.05) is 34.2 Å². The molecule has 6 rings (SSSR count). The maximum absolute atomic E-state index is 4.61. The summed E-state index contributed by atoms with van der Waals surface area (Å²) in [6.45, 7) is 6.47. The third kappa shape index (κ3) is 3.25. The number of hydrogen-bond acceptors (Lipinski definition) is 4. The minimum absolute atomic E-state index is 0.405. The van der Waals surface area contributed by atoms with E-state index in [0.717, 1.165) is 68.7 Å². The molecule has 0 aliphatic rings. The minimum Gasteiger partial charge on any atom is -0.342 e. The van der Waals surface area contributed by atoms with Gasteiger partial charge in [-0.1, -0.05) is 45.0 Å². The molecule has 1 unspecified atom stereocenters. The van der Waals surface area contributed by atoms with E-state index in [9.17, 15) is 0 Å². The van der Waals surface area contributed by atoms with E-state index in [1.807, 2.05) is 12.4 Å². The van der Waals surface area contributed by atoms with Crippen LogP contribution in [0.5, 0.6) is 0 Å². The Labute approximate surface area is 197 Å². The molecule has 0 saturated carbocycles. The van der Waals surface area contributed by atoms with E-state index in [4.69, 9.17) is 0 Å². The molecule has 0 spiro atoms. The van der Waals surface area contributed by atoms with Gasteiger partial charge in [0.2, 0.25) is 0 Å². The Bertz CT molecular complexity index is 1640. The number of imidazole rings is 2. The highest BCUT2D eigenvalue weighted by Gasteiger charge is 2.14. The average Bonchev–Trinajstić information content (AvgIpc) is 3.58. The highest BCUT2D eigenvalue weighted by Crippen LogP contribution is 2.37. The predicted octanol–water partition coefficient (Wildman–Crippen LogP) is 6.79. The molecule has 6 nitrogen and oxygen atoms in total. The molecule has 0 saturated heterocycles. The summed E-state index contributed by atoms with van der Waals surface area (Å²) in [6.07, 6.45) is 7.54. The van der Waals surface area contributed by atoms with Crippen LogP contribution in [0.2, 0.25) is 0 Å². The molecule has 3 aromatic heterocycles. The largest absolute Gasteiger partial charge is 0.342 e. The lowest BCUT2D eigenvalue weighted by Crippen LogP contribution is -1.93. The van der Waals surface area contributed by atoms with Crippen molar-refractivity contribution < 1.29 is 0 Å². The van der Waals surface area contributed by atoms with Crippen molar-refractivity contribution in [2.24, 2.45) is 0 Å². The predicted molar refractivity (Wildman–Crippen MR) is 138 cm³/mol. The Balaban J connectivity index is 1.57. The molecule has 1 atom stereocenters. The molecule has 0 amide bonds. The van der Waals surface area contributed by atoms with Gasteiger partial charge in [0.05, 0.1) is 30.0 Å². The molecule has 0 fully saturated rings. The maximum Gasteiger partial charge on any atom is 0.109 e. The number of rotatable bonds is 5. The highest BCUT2D eigenvalue weighted by atomic mass is 15.1. The average molecular weight is 447 g/mol. The summed E-state index contributed by atoms with van der Waals surface area (Å²) in [7, 11) is 0. The molecule has 0 bridgehead atoms. The number of H-pyrrole nitrogens is 2.